The predicted octanol–water partition coefficient (Wildman–Crippen LogP) is 2.39. The predicted molar refractivity (Wildman–Crippen MR) is 80.0 cm³/mol. The Morgan fingerprint density at radius 1 is 1.26 bits per heavy atom. The molecular weight excluding hydrogens is 240 g/mol. The minimum atomic E-state index is 0.373. The standard InChI is InChI=1S/C14H26N4O/c1-7-15-13-11(4)14(17-12(5)16-13)18(10(2)3)8-9-19-6/h10H,7-9H2,1-6H3,(H,15,16,17). The second kappa shape index (κ2) is 7.28. The summed E-state index contributed by atoms with van der Waals surface area (Å²) < 4.78 is 5.19. The monoisotopic (exact) mass is 266 g/mol. The van der Waals surface area contributed by atoms with Gasteiger partial charge in [0.1, 0.15) is 17.5 Å². The topological polar surface area (TPSA) is 50.3 Å². The second-order valence-corrected chi connectivity index (χ2v) is 4.88. The van der Waals surface area contributed by atoms with Crippen molar-refractivity contribution in [3.8, 4) is 0 Å². The van der Waals surface area contributed by atoms with Crippen LogP contribution >= 0.6 is 0 Å². The molecule has 0 atom stereocenters. The first-order valence-electron chi connectivity index (χ1n) is 6.85. The Morgan fingerprint density at radius 3 is 2.47 bits per heavy atom. The van der Waals surface area contributed by atoms with E-state index < -0.39 is 0 Å². The number of aryl methyl sites for hydroxylation is 1. The Labute approximate surface area is 116 Å². The van der Waals surface area contributed by atoms with Crippen molar-refractivity contribution in [2.24, 2.45) is 0 Å². The van der Waals surface area contributed by atoms with E-state index in [1.807, 2.05) is 6.92 Å². The summed E-state index contributed by atoms with van der Waals surface area (Å²) in [5.74, 6) is 2.71. The van der Waals surface area contributed by atoms with Gasteiger partial charge in [-0.05, 0) is 34.6 Å². The Hall–Kier alpha value is -1.36. The normalized spacial score (nSPS) is 10.9. The molecule has 0 spiro atoms. The Kier molecular flexibility index (Phi) is 6.02. The number of methoxy groups -OCH3 is 1. The molecule has 19 heavy (non-hydrogen) atoms. The zero-order chi connectivity index (χ0) is 14.4. The minimum absolute atomic E-state index is 0.373. The van der Waals surface area contributed by atoms with E-state index in [9.17, 15) is 0 Å². The summed E-state index contributed by atoms with van der Waals surface area (Å²) in [7, 11) is 1.72. The van der Waals surface area contributed by atoms with Crippen molar-refractivity contribution in [1.82, 2.24) is 9.97 Å². The summed E-state index contributed by atoms with van der Waals surface area (Å²) in [6.45, 7) is 12.8. The molecule has 1 aromatic rings. The number of aromatic nitrogens is 2. The highest BCUT2D eigenvalue weighted by Gasteiger charge is 2.17. The Morgan fingerprint density at radius 2 is 1.95 bits per heavy atom. The number of nitrogens with zero attached hydrogens (tertiary/aromatic N) is 3. The van der Waals surface area contributed by atoms with Crippen molar-refractivity contribution in [3.05, 3.63) is 11.4 Å². The molecule has 1 heterocycles. The van der Waals surface area contributed by atoms with Crippen LogP contribution in [0.4, 0.5) is 11.6 Å². The van der Waals surface area contributed by atoms with E-state index in [1.54, 1.807) is 7.11 Å². The molecule has 0 unspecified atom stereocenters. The maximum Gasteiger partial charge on any atom is 0.137 e. The van der Waals surface area contributed by atoms with Crippen LogP contribution in [-0.2, 0) is 4.74 Å². The first-order valence-corrected chi connectivity index (χ1v) is 6.85. The first kappa shape index (κ1) is 15.7. The number of nitrogens with one attached hydrogen (secondary N) is 1. The maximum absolute atomic E-state index is 5.19. The molecule has 0 fully saturated rings. The van der Waals surface area contributed by atoms with Gasteiger partial charge in [-0.25, -0.2) is 9.97 Å². The van der Waals surface area contributed by atoms with Crippen molar-refractivity contribution in [2.45, 2.75) is 40.7 Å². The molecule has 0 aliphatic heterocycles. The molecule has 0 aliphatic carbocycles. The zero-order valence-corrected chi connectivity index (χ0v) is 12.9. The van der Waals surface area contributed by atoms with Gasteiger partial charge < -0.3 is 15.0 Å². The summed E-state index contributed by atoms with van der Waals surface area (Å²) >= 11 is 0. The number of rotatable bonds is 7. The van der Waals surface area contributed by atoms with Gasteiger partial charge in [-0.15, -0.1) is 0 Å². The zero-order valence-electron chi connectivity index (χ0n) is 12.9. The molecule has 0 saturated carbocycles. The lowest BCUT2D eigenvalue weighted by molar-refractivity contribution is 0.203. The molecular formula is C14H26N4O. The highest BCUT2D eigenvalue weighted by molar-refractivity contribution is 5.59. The summed E-state index contributed by atoms with van der Waals surface area (Å²) in [4.78, 5) is 11.3. The average molecular weight is 266 g/mol. The highest BCUT2D eigenvalue weighted by Crippen LogP contribution is 2.24. The van der Waals surface area contributed by atoms with Crippen molar-refractivity contribution < 1.29 is 4.74 Å². The fraction of sp³-hybridized carbons (Fsp3) is 0.714. The van der Waals surface area contributed by atoms with Crippen molar-refractivity contribution in [2.75, 3.05) is 37.0 Å². The number of hydrogen-bond acceptors (Lipinski definition) is 5. The van der Waals surface area contributed by atoms with Crippen LogP contribution in [-0.4, -0.2) is 42.8 Å². The fourth-order valence-corrected chi connectivity index (χ4v) is 2.03. The number of hydrogen-bond donors (Lipinski definition) is 1. The molecule has 0 aromatic carbocycles. The van der Waals surface area contributed by atoms with E-state index in [0.29, 0.717) is 12.6 Å². The molecule has 1 N–H and O–H groups in total. The Balaban J connectivity index is 3.14. The lowest BCUT2D eigenvalue weighted by Gasteiger charge is -2.29. The van der Waals surface area contributed by atoms with Crippen molar-refractivity contribution >= 4 is 11.6 Å². The lowest BCUT2D eigenvalue weighted by atomic mass is 10.2. The van der Waals surface area contributed by atoms with Crippen molar-refractivity contribution in [1.29, 1.82) is 0 Å². The van der Waals surface area contributed by atoms with Gasteiger partial charge in [-0.3, -0.25) is 0 Å². The van der Waals surface area contributed by atoms with E-state index in [0.717, 1.165) is 36.1 Å². The van der Waals surface area contributed by atoms with E-state index in [-0.39, 0.29) is 0 Å². The summed E-state index contributed by atoms with van der Waals surface area (Å²) in [5, 5.41) is 3.30. The van der Waals surface area contributed by atoms with Gasteiger partial charge in [0.25, 0.3) is 0 Å². The summed E-state index contributed by atoms with van der Waals surface area (Å²) in [5.41, 5.74) is 1.09. The third kappa shape index (κ3) is 4.06. The molecule has 1 aromatic heterocycles. The van der Waals surface area contributed by atoms with E-state index >= 15 is 0 Å². The number of anilines is 2. The van der Waals surface area contributed by atoms with Crippen LogP contribution in [0.15, 0.2) is 0 Å². The average Bonchev–Trinajstić information content (AvgIpc) is 2.35. The van der Waals surface area contributed by atoms with Gasteiger partial charge >= 0.3 is 0 Å². The quantitative estimate of drug-likeness (QED) is 0.821. The molecule has 108 valence electrons. The second-order valence-electron chi connectivity index (χ2n) is 4.88. The van der Waals surface area contributed by atoms with Gasteiger partial charge in [-0.1, -0.05) is 0 Å². The molecule has 0 amide bonds. The minimum Gasteiger partial charge on any atom is -0.383 e. The molecule has 0 saturated heterocycles. The SMILES string of the molecule is CCNc1nc(C)nc(N(CCOC)C(C)C)c1C. The number of ether oxygens (including phenoxy) is 1. The third-order valence-corrected chi connectivity index (χ3v) is 3.01. The van der Waals surface area contributed by atoms with Gasteiger partial charge in [0, 0.05) is 31.8 Å². The lowest BCUT2D eigenvalue weighted by Crippen LogP contribution is -2.35. The maximum atomic E-state index is 5.19. The van der Waals surface area contributed by atoms with Gasteiger partial charge in [0.2, 0.25) is 0 Å². The van der Waals surface area contributed by atoms with Gasteiger partial charge in [0.15, 0.2) is 0 Å². The first-order chi connectivity index (χ1) is 9.01. The van der Waals surface area contributed by atoms with Crippen LogP contribution in [0.25, 0.3) is 0 Å². The van der Waals surface area contributed by atoms with Crippen LogP contribution in [0.3, 0.4) is 0 Å². The van der Waals surface area contributed by atoms with Gasteiger partial charge in [0.05, 0.1) is 6.61 Å². The van der Waals surface area contributed by atoms with Crippen LogP contribution < -0.4 is 10.2 Å². The Bertz CT molecular complexity index is 407. The molecule has 0 radical (unpaired) electrons. The molecule has 1 rings (SSSR count). The van der Waals surface area contributed by atoms with E-state index in [1.165, 1.54) is 0 Å². The van der Waals surface area contributed by atoms with E-state index in [2.05, 4.69) is 47.9 Å². The van der Waals surface area contributed by atoms with Crippen LogP contribution in [0.1, 0.15) is 32.2 Å². The van der Waals surface area contributed by atoms with Crippen LogP contribution in [0.2, 0.25) is 0 Å². The van der Waals surface area contributed by atoms with Crippen LogP contribution in [0, 0.1) is 13.8 Å². The smallest absolute Gasteiger partial charge is 0.137 e. The highest BCUT2D eigenvalue weighted by atomic mass is 16.5. The summed E-state index contributed by atoms with van der Waals surface area (Å²) in [6, 6.07) is 0.373. The molecule has 0 bridgehead atoms. The van der Waals surface area contributed by atoms with Gasteiger partial charge in [-0.2, -0.15) is 0 Å². The fourth-order valence-electron chi connectivity index (χ4n) is 2.03. The molecule has 5 heteroatoms. The van der Waals surface area contributed by atoms with Crippen molar-refractivity contribution in [3.63, 3.8) is 0 Å². The van der Waals surface area contributed by atoms with Crippen LogP contribution in [0.5, 0.6) is 0 Å². The molecule has 5 nitrogen and oxygen atoms in total. The van der Waals surface area contributed by atoms with E-state index in [4.69, 9.17) is 4.74 Å². The molecule has 0 aliphatic rings. The largest absolute Gasteiger partial charge is 0.383 e. The third-order valence-electron chi connectivity index (χ3n) is 3.01. The summed E-state index contributed by atoms with van der Waals surface area (Å²) in [6.07, 6.45) is 0.